The van der Waals surface area contributed by atoms with Gasteiger partial charge in [0.1, 0.15) is 0 Å². The lowest BCUT2D eigenvalue weighted by Gasteiger charge is -2.12. The van der Waals surface area contributed by atoms with Gasteiger partial charge in [0, 0.05) is 19.8 Å². The highest BCUT2D eigenvalue weighted by molar-refractivity contribution is 6.37. The highest BCUT2D eigenvalue weighted by atomic mass is 35.5. The van der Waals surface area contributed by atoms with Crippen LogP contribution in [0, 0.1) is 5.92 Å². The van der Waals surface area contributed by atoms with Crippen molar-refractivity contribution in [1.29, 1.82) is 0 Å². The van der Waals surface area contributed by atoms with Crippen LogP contribution in [0.2, 0.25) is 15.1 Å². The van der Waals surface area contributed by atoms with Crippen LogP contribution in [-0.4, -0.2) is 27.6 Å². The van der Waals surface area contributed by atoms with E-state index in [4.69, 9.17) is 44.6 Å². The monoisotopic (exact) mass is 449 g/mol. The van der Waals surface area contributed by atoms with Gasteiger partial charge in [0.2, 0.25) is 0 Å². The molecule has 0 radical (unpaired) electrons. The van der Waals surface area contributed by atoms with Crippen molar-refractivity contribution in [3.63, 3.8) is 0 Å². The van der Waals surface area contributed by atoms with Crippen molar-refractivity contribution < 1.29 is 14.6 Å². The Kier molecular flexibility index (Phi) is 10.5. The fraction of sp³-hybridized carbons (Fsp3) is 0.474. The van der Waals surface area contributed by atoms with Gasteiger partial charge in [-0.2, -0.15) is 5.10 Å². The van der Waals surface area contributed by atoms with Gasteiger partial charge in [0.15, 0.2) is 5.75 Å². The van der Waals surface area contributed by atoms with Crippen molar-refractivity contribution >= 4 is 40.9 Å². The molecule has 0 saturated heterocycles. The molecule has 0 atom stereocenters. The van der Waals surface area contributed by atoms with E-state index < -0.39 is 6.09 Å². The number of carbonyl (C=O) groups is 1. The Labute approximate surface area is 180 Å². The Morgan fingerprint density at radius 2 is 1.86 bits per heavy atom. The molecule has 0 spiro atoms. The first-order chi connectivity index (χ1) is 13.1. The van der Waals surface area contributed by atoms with Crippen LogP contribution < -0.4 is 10.1 Å². The summed E-state index contributed by atoms with van der Waals surface area (Å²) in [7, 11) is 1.87. The maximum Gasteiger partial charge on any atom is 0.404 e. The van der Waals surface area contributed by atoms with Gasteiger partial charge >= 0.3 is 6.09 Å². The number of hydrogen-bond acceptors (Lipinski definition) is 3. The summed E-state index contributed by atoms with van der Waals surface area (Å²) in [6, 6.07) is 3.29. The molecule has 0 fully saturated rings. The zero-order valence-corrected chi connectivity index (χ0v) is 18.7. The molecule has 0 aliphatic heterocycles. The van der Waals surface area contributed by atoms with E-state index in [-0.39, 0.29) is 6.54 Å². The summed E-state index contributed by atoms with van der Waals surface area (Å²) >= 11 is 17.9. The topological polar surface area (TPSA) is 76.4 Å². The van der Waals surface area contributed by atoms with Gasteiger partial charge in [0.05, 0.1) is 27.4 Å². The van der Waals surface area contributed by atoms with E-state index in [2.05, 4.69) is 24.3 Å². The summed E-state index contributed by atoms with van der Waals surface area (Å²) < 4.78 is 7.28. The highest BCUT2D eigenvalue weighted by Crippen LogP contribution is 2.34. The van der Waals surface area contributed by atoms with Gasteiger partial charge in [-0.3, -0.25) is 4.68 Å². The lowest BCUT2D eigenvalue weighted by atomic mass is 10.1. The fourth-order valence-corrected chi connectivity index (χ4v) is 3.13. The third kappa shape index (κ3) is 8.59. The molecule has 156 valence electrons. The van der Waals surface area contributed by atoms with Gasteiger partial charge in [-0.15, -0.1) is 0 Å². The van der Waals surface area contributed by atoms with Crippen LogP contribution in [0.15, 0.2) is 18.3 Å². The van der Waals surface area contributed by atoms with E-state index in [1.54, 1.807) is 23.0 Å². The Hall–Kier alpha value is -1.63. The smallest absolute Gasteiger partial charge is 0.404 e. The summed E-state index contributed by atoms with van der Waals surface area (Å²) in [4.78, 5) is 10.4. The van der Waals surface area contributed by atoms with Crippen LogP contribution in [0.3, 0.4) is 0 Å². The van der Waals surface area contributed by atoms with Crippen LogP contribution in [-0.2, 0) is 20.0 Å². The Balaban J connectivity index is 0.000000362. The molecule has 1 amide bonds. The number of carboxylic acid groups (broad SMARTS) is 1. The number of ether oxygens (including phenoxy) is 1. The van der Waals surface area contributed by atoms with E-state index in [0.29, 0.717) is 33.9 Å². The van der Waals surface area contributed by atoms with Gasteiger partial charge in [-0.05, 0) is 36.5 Å². The number of amides is 1. The summed E-state index contributed by atoms with van der Waals surface area (Å²) in [6.45, 7) is 6.94. The third-order valence-electron chi connectivity index (χ3n) is 3.63. The molecule has 1 aromatic carbocycles. The molecule has 0 aliphatic carbocycles. The quantitative estimate of drug-likeness (QED) is 0.557. The third-order valence-corrected chi connectivity index (χ3v) is 4.51. The summed E-state index contributed by atoms with van der Waals surface area (Å²) in [5.74, 6) is 0.986. The Morgan fingerprint density at radius 1 is 1.25 bits per heavy atom. The largest absolute Gasteiger partial charge is 0.490 e. The van der Waals surface area contributed by atoms with Crippen molar-refractivity contribution in [2.45, 2.75) is 40.2 Å². The van der Waals surface area contributed by atoms with Crippen LogP contribution in [0.25, 0.3) is 0 Å². The normalized spacial score (nSPS) is 10.4. The fourth-order valence-electron chi connectivity index (χ4n) is 2.17. The number of hydrogen-bond donors (Lipinski definition) is 2. The molecule has 1 aromatic heterocycles. The number of nitrogens with zero attached hydrogens (tertiary/aromatic N) is 2. The lowest BCUT2D eigenvalue weighted by Crippen LogP contribution is -2.19. The first-order valence-corrected chi connectivity index (χ1v) is 10.0. The maximum absolute atomic E-state index is 10.4. The minimum atomic E-state index is -1.09. The van der Waals surface area contributed by atoms with Crippen LogP contribution >= 0.6 is 34.8 Å². The van der Waals surface area contributed by atoms with Crippen LogP contribution in [0.1, 0.15) is 38.4 Å². The average Bonchev–Trinajstić information content (AvgIpc) is 2.93. The zero-order chi connectivity index (χ0) is 21.3. The number of halogens is 3. The number of aromatic nitrogens is 2. The maximum atomic E-state index is 10.4. The molecular weight excluding hydrogens is 425 g/mol. The molecule has 2 aromatic rings. The van der Waals surface area contributed by atoms with E-state index >= 15 is 0 Å². The van der Waals surface area contributed by atoms with E-state index in [1.165, 1.54) is 0 Å². The van der Waals surface area contributed by atoms with Crippen LogP contribution in [0.5, 0.6) is 5.75 Å². The predicted octanol–water partition coefficient (Wildman–Crippen LogP) is 5.82. The molecule has 0 bridgehead atoms. The molecule has 6 nitrogen and oxygen atoms in total. The van der Waals surface area contributed by atoms with E-state index in [0.717, 1.165) is 23.6 Å². The standard InChI is InChI=1S/C13H17Cl2NO3.C6H9ClN2/c1-8(2)3-4-19-12-10(14)5-9(6-11(12)15)7-16-13(17)18;1-3-6-5(7)4-9(2)8-6/h5-6,8,16H,3-4,7H2,1-2H3,(H,17,18);4H,3H2,1-2H3. The van der Waals surface area contributed by atoms with Gasteiger partial charge in [0.25, 0.3) is 0 Å². The van der Waals surface area contributed by atoms with Gasteiger partial charge in [-0.1, -0.05) is 55.6 Å². The molecule has 0 saturated carbocycles. The van der Waals surface area contributed by atoms with Crippen molar-refractivity contribution in [2.75, 3.05) is 6.61 Å². The summed E-state index contributed by atoms with van der Waals surface area (Å²) in [6.07, 6.45) is 2.53. The molecular formula is C19H26Cl3N3O3. The molecule has 2 rings (SSSR count). The van der Waals surface area contributed by atoms with Crippen LogP contribution in [0.4, 0.5) is 4.79 Å². The number of nitrogens with one attached hydrogen (secondary N) is 1. The highest BCUT2D eigenvalue weighted by Gasteiger charge is 2.10. The van der Waals surface area contributed by atoms with E-state index in [9.17, 15) is 4.79 Å². The minimum absolute atomic E-state index is 0.154. The van der Waals surface area contributed by atoms with Crippen molar-refractivity contribution in [2.24, 2.45) is 13.0 Å². The summed E-state index contributed by atoms with van der Waals surface area (Å²) in [5, 5.41) is 16.4. The second-order valence-corrected chi connectivity index (χ2v) is 7.75. The molecule has 28 heavy (non-hydrogen) atoms. The number of rotatable bonds is 7. The van der Waals surface area contributed by atoms with Gasteiger partial charge < -0.3 is 15.2 Å². The molecule has 0 aliphatic rings. The zero-order valence-electron chi connectivity index (χ0n) is 16.4. The van der Waals surface area contributed by atoms with Crippen molar-refractivity contribution in [1.82, 2.24) is 15.1 Å². The SMILES string of the molecule is CC(C)CCOc1c(Cl)cc(CNC(=O)O)cc1Cl.CCc1nn(C)cc1Cl. The van der Waals surface area contributed by atoms with Gasteiger partial charge in [-0.25, -0.2) is 4.79 Å². The predicted molar refractivity (Wildman–Crippen MR) is 114 cm³/mol. The molecule has 2 N–H and O–H groups in total. The van der Waals surface area contributed by atoms with E-state index in [1.807, 2.05) is 14.0 Å². The molecule has 9 heteroatoms. The molecule has 1 heterocycles. The first-order valence-electron chi connectivity index (χ1n) is 8.89. The Morgan fingerprint density at radius 3 is 2.25 bits per heavy atom. The lowest BCUT2D eigenvalue weighted by molar-refractivity contribution is 0.194. The van der Waals surface area contributed by atoms with Crippen molar-refractivity contribution in [3.05, 3.63) is 44.7 Å². The second-order valence-electron chi connectivity index (χ2n) is 6.53. The number of aryl methyl sites for hydroxylation is 2. The first kappa shape index (κ1) is 24.4. The minimum Gasteiger partial charge on any atom is -0.490 e. The average molecular weight is 451 g/mol. The molecule has 0 unspecified atom stereocenters. The van der Waals surface area contributed by atoms with Crippen molar-refractivity contribution in [3.8, 4) is 5.75 Å². The Bertz CT molecular complexity index is 756. The number of benzene rings is 1. The second kappa shape index (κ2) is 12.0. The summed E-state index contributed by atoms with van der Waals surface area (Å²) in [5.41, 5.74) is 1.66.